The first kappa shape index (κ1) is 24.1. The van der Waals surface area contributed by atoms with Gasteiger partial charge in [-0.3, -0.25) is 9.69 Å². The van der Waals surface area contributed by atoms with Gasteiger partial charge in [0.25, 0.3) is 15.9 Å². The third-order valence-corrected chi connectivity index (χ3v) is 6.53. The van der Waals surface area contributed by atoms with Gasteiger partial charge in [-0.25, -0.2) is 13.3 Å². The number of unbranched alkanes of at least 4 members (excludes halogenated alkanes) is 1. The summed E-state index contributed by atoms with van der Waals surface area (Å²) < 4.78 is 27.5. The van der Waals surface area contributed by atoms with Crippen molar-refractivity contribution in [2.24, 2.45) is 4.40 Å². The summed E-state index contributed by atoms with van der Waals surface area (Å²) >= 11 is 11.7. The highest BCUT2D eigenvalue weighted by Gasteiger charge is 2.49. The van der Waals surface area contributed by atoms with Gasteiger partial charge in [0.2, 0.25) is 5.69 Å². The third kappa shape index (κ3) is 5.28. The Bertz CT molecular complexity index is 1020. The van der Waals surface area contributed by atoms with Crippen molar-refractivity contribution in [3.63, 3.8) is 0 Å². The molecule has 0 aliphatic carbocycles. The van der Waals surface area contributed by atoms with E-state index in [9.17, 15) is 13.2 Å². The number of hydrogen-bond donors (Lipinski definition) is 0. The number of rotatable bonds is 8. The fraction of sp³-hybridized carbons (Fsp3) is 0.474. The van der Waals surface area contributed by atoms with E-state index in [1.165, 1.54) is 11.2 Å². The number of carbonyl (C=O) groups excluding carboxylic acids is 1. The van der Waals surface area contributed by atoms with Crippen LogP contribution in [0.2, 0.25) is 5.02 Å². The minimum absolute atomic E-state index is 0.0796. The van der Waals surface area contributed by atoms with Gasteiger partial charge in [0.05, 0.1) is 18.0 Å². The number of sulfonamides is 1. The van der Waals surface area contributed by atoms with E-state index in [-0.39, 0.29) is 16.7 Å². The fourth-order valence-electron chi connectivity index (χ4n) is 2.94. The molecule has 11 heteroatoms. The molecule has 30 heavy (non-hydrogen) atoms. The number of carbonyl (C=O) groups is 1. The minimum Gasteiger partial charge on any atom is -0.368 e. The summed E-state index contributed by atoms with van der Waals surface area (Å²) in [5.41, 5.74) is -0.0879. The lowest BCUT2D eigenvalue weighted by molar-refractivity contribution is -0.123. The van der Waals surface area contributed by atoms with Crippen molar-refractivity contribution in [1.29, 1.82) is 0 Å². The number of halogens is 1. The number of benzene rings is 1. The molecule has 1 aliphatic rings. The molecule has 1 aromatic rings. The zero-order chi connectivity index (χ0) is 22.7. The molecule has 162 valence electrons. The molecule has 8 nitrogen and oxygen atoms in total. The Morgan fingerprint density at radius 3 is 2.57 bits per heavy atom. The first-order valence-electron chi connectivity index (χ1n) is 9.18. The van der Waals surface area contributed by atoms with Crippen LogP contribution in [0.15, 0.2) is 22.6 Å². The molecule has 0 saturated carbocycles. The van der Waals surface area contributed by atoms with Crippen LogP contribution in [0.4, 0.5) is 11.4 Å². The van der Waals surface area contributed by atoms with Gasteiger partial charge in [-0.15, -0.1) is 0 Å². The Morgan fingerprint density at radius 1 is 1.33 bits per heavy atom. The van der Waals surface area contributed by atoms with Gasteiger partial charge in [-0.05, 0) is 51.0 Å². The van der Waals surface area contributed by atoms with Crippen LogP contribution in [0.3, 0.4) is 0 Å². The summed E-state index contributed by atoms with van der Waals surface area (Å²) in [6.45, 7) is 11.1. The van der Waals surface area contributed by atoms with E-state index >= 15 is 0 Å². The molecule has 0 atom stereocenters. The molecule has 0 unspecified atom stereocenters. The Labute approximate surface area is 188 Å². The maximum absolute atomic E-state index is 13.0. The summed E-state index contributed by atoms with van der Waals surface area (Å²) in [7, 11) is -0.140. The normalized spacial score (nSPS) is 16.4. The van der Waals surface area contributed by atoms with Gasteiger partial charge in [0.1, 0.15) is 11.9 Å². The lowest BCUT2D eigenvalue weighted by atomic mass is 10.0. The van der Waals surface area contributed by atoms with Crippen LogP contribution in [-0.4, -0.2) is 67.5 Å². The Morgan fingerprint density at radius 2 is 2.00 bits per heavy atom. The largest absolute Gasteiger partial charge is 0.368 e. The van der Waals surface area contributed by atoms with Gasteiger partial charge in [0, 0.05) is 25.7 Å². The smallest absolute Gasteiger partial charge is 0.258 e. The molecule has 0 aromatic heterocycles. The van der Waals surface area contributed by atoms with Crippen LogP contribution in [0.5, 0.6) is 0 Å². The molecule has 1 amide bonds. The van der Waals surface area contributed by atoms with Crippen molar-refractivity contribution < 1.29 is 13.2 Å². The van der Waals surface area contributed by atoms with Crippen molar-refractivity contribution in [3.8, 4) is 0 Å². The van der Waals surface area contributed by atoms with E-state index in [0.717, 1.165) is 0 Å². The van der Waals surface area contributed by atoms with Crippen LogP contribution in [0, 0.1) is 6.57 Å². The highest BCUT2D eigenvalue weighted by Crippen LogP contribution is 2.36. The van der Waals surface area contributed by atoms with Crippen molar-refractivity contribution in [2.75, 3.05) is 31.3 Å². The molecule has 0 radical (unpaired) electrons. The summed E-state index contributed by atoms with van der Waals surface area (Å²) in [6.07, 6.45) is 2.18. The average molecular weight is 470 g/mol. The number of anilines is 1. The maximum atomic E-state index is 13.0. The lowest BCUT2D eigenvalue weighted by Gasteiger charge is -2.29. The number of hydrogen-bond acceptors (Lipinski definition) is 4. The van der Waals surface area contributed by atoms with Crippen LogP contribution in [0.25, 0.3) is 4.85 Å². The van der Waals surface area contributed by atoms with Crippen molar-refractivity contribution in [3.05, 3.63) is 34.6 Å². The average Bonchev–Trinajstić information content (AvgIpc) is 2.82. The Kier molecular flexibility index (Phi) is 7.45. The molecular formula is C19H24ClN5O3S2. The van der Waals surface area contributed by atoms with E-state index in [2.05, 4.69) is 9.24 Å². The molecule has 1 fully saturated rings. The number of nitrogens with zero attached hydrogens (tertiary/aromatic N) is 5. The van der Waals surface area contributed by atoms with Crippen LogP contribution in [-0.2, 0) is 14.8 Å². The standard InChI is InChI=1S/C19H24ClN5O3S2/c1-19(2)17(26)25(14-8-9-16(21-3)15(20)12-14)18(29)24(19)10-6-7-11-30(27,28)22-13-23(4)5/h8-9,12-13H,6-7,10-11H2,1-2,4-5H3/b22-13+. The second-order valence-electron chi connectivity index (χ2n) is 7.56. The number of thiocarbonyl (C=S) groups is 1. The monoisotopic (exact) mass is 469 g/mol. The maximum Gasteiger partial charge on any atom is 0.258 e. The molecular weight excluding hydrogens is 446 g/mol. The summed E-state index contributed by atoms with van der Waals surface area (Å²) in [6, 6.07) is 4.74. The second kappa shape index (κ2) is 9.29. The van der Waals surface area contributed by atoms with Gasteiger partial charge >= 0.3 is 0 Å². The van der Waals surface area contributed by atoms with Crippen LogP contribution in [0.1, 0.15) is 26.7 Å². The Balaban J connectivity index is 2.09. The van der Waals surface area contributed by atoms with E-state index in [1.54, 1.807) is 55.9 Å². The number of amides is 1. The first-order chi connectivity index (χ1) is 13.9. The zero-order valence-electron chi connectivity index (χ0n) is 17.3. The third-order valence-electron chi connectivity index (χ3n) is 4.61. The highest BCUT2D eigenvalue weighted by molar-refractivity contribution is 7.90. The van der Waals surface area contributed by atoms with Gasteiger partial charge in [-0.1, -0.05) is 17.7 Å². The summed E-state index contributed by atoms with van der Waals surface area (Å²) in [4.78, 5) is 21.1. The highest BCUT2D eigenvalue weighted by atomic mass is 35.5. The van der Waals surface area contributed by atoms with Crippen molar-refractivity contribution >= 4 is 62.6 Å². The van der Waals surface area contributed by atoms with E-state index in [0.29, 0.717) is 35.9 Å². The molecule has 0 bridgehead atoms. The Hall–Kier alpha value is -2.22. The SMILES string of the molecule is [C-]#[N+]c1ccc(N2C(=O)C(C)(C)N(CCCCS(=O)(=O)/N=C/N(C)C)C2=S)cc1Cl. The molecule has 0 spiro atoms. The van der Waals surface area contributed by atoms with E-state index in [1.807, 2.05) is 0 Å². The predicted molar refractivity (Wildman–Crippen MR) is 124 cm³/mol. The van der Waals surface area contributed by atoms with Crippen LogP contribution < -0.4 is 4.90 Å². The topological polar surface area (TPSA) is 77.6 Å². The molecule has 1 aromatic carbocycles. The zero-order valence-corrected chi connectivity index (χ0v) is 19.7. The quantitative estimate of drug-likeness (QED) is 0.191. The van der Waals surface area contributed by atoms with Crippen molar-refractivity contribution in [1.82, 2.24) is 9.80 Å². The summed E-state index contributed by atoms with van der Waals surface area (Å²) in [5, 5.41) is 0.572. The van der Waals surface area contributed by atoms with Gasteiger partial charge < -0.3 is 9.80 Å². The van der Waals surface area contributed by atoms with E-state index in [4.69, 9.17) is 30.4 Å². The molecule has 1 heterocycles. The molecule has 0 N–H and O–H groups in total. The second-order valence-corrected chi connectivity index (χ2v) is 10.1. The van der Waals surface area contributed by atoms with Crippen LogP contribution >= 0.6 is 23.8 Å². The van der Waals surface area contributed by atoms with Gasteiger partial charge in [-0.2, -0.15) is 4.40 Å². The molecule has 1 aliphatic heterocycles. The van der Waals surface area contributed by atoms with Gasteiger partial charge in [0.15, 0.2) is 5.11 Å². The van der Waals surface area contributed by atoms with E-state index < -0.39 is 15.6 Å². The minimum atomic E-state index is -3.53. The lowest BCUT2D eigenvalue weighted by Crippen LogP contribution is -2.44. The first-order valence-corrected chi connectivity index (χ1v) is 11.6. The molecule has 1 saturated heterocycles. The van der Waals surface area contributed by atoms with Crippen molar-refractivity contribution in [2.45, 2.75) is 32.2 Å². The predicted octanol–water partition coefficient (Wildman–Crippen LogP) is 3.30. The summed E-state index contributed by atoms with van der Waals surface area (Å²) in [5.74, 6) is -0.286. The molecule has 2 rings (SSSR count). The fourth-order valence-corrected chi connectivity index (χ4v) is 4.67.